The van der Waals surface area contributed by atoms with Gasteiger partial charge in [-0.1, -0.05) is 0 Å². The van der Waals surface area contributed by atoms with E-state index in [1.165, 1.54) is 0 Å². The summed E-state index contributed by atoms with van der Waals surface area (Å²) in [4.78, 5) is 24.5. The van der Waals surface area contributed by atoms with Gasteiger partial charge in [0.2, 0.25) is 11.6 Å². The molecule has 0 aromatic carbocycles. The zero-order valence-electron chi connectivity index (χ0n) is 17.0. The van der Waals surface area contributed by atoms with Gasteiger partial charge in [0, 0.05) is 52.4 Å². The van der Waals surface area contributed by atoms with Crippen molar-refractivity contribution in [2.75, 3.05) is 13.1 Å². The average molecular weight is 569 g/mol. The van der Waals surface area contributed by atoms with Gasteiger partial charge in [0.25, 0.3) is 0 Å². The number of hydrogen-bond donors (Lipinski definition) is 2. The van der Waals surface area contributed by atoms with E-state index in [0.717, 1.165) is 48.5 Å². The summed E-state index contributed by atoms with van der Waals surface area (Å²) in [5, 5.41) is 6.69. The van der Waals surface area contributed by atoms with E-state index in [-0.39, 0.29) is 28.3 Å². The van der Waals surface area contributed by atoms with E-state index in [1.807, 2.05) is 52.0 Å². The number of rotatable bonds is 7. The van der Waals surface area contributed by atoms with Crippen LogP contribution in [0.5, 0.6) is 0 Å². The maximum atomic E-state index is 12.2. The van der Waals surface area contributed by atoms with Crippen LogP contribution in [0.15, 0.2) is 67.0 Å². The van der Waals surface area contributed by atoms with Gasteiger partial charge < -0.3 is 10.6 Å². The fraction of sp³-hybridized carbons (Fsp3) is 0.364. The molecule has 159 valence electrons. The minimum absolute atomic E-state index is 0. The number of nitrogens with one attached hydrogen (secondary N) is 2. The fourth-order valence-corrected chi connectivity index (χ4v) is 4.16. The van der Waals surface area contributed by atoms with E-state index in [9.17, 15) is 9.59 Å². The Labute approximate surface area is 200 Å². The molecule has 0 saturated heterocycles. The van der Waals surface area contributed by atoms with Gasteiger partial charge in [-0.15, -0.1) is 0 Å². The first-order valence-corrected chi connectivity index (χ1v) is 10.9. The summed E-state index contributed by atoms with van der Waals surface area (Å²) >= 11 is 6.65. The van der Waals surface area contributed by atoms with Gasteiger partial charge >= 0.3 is 0 Å². The van der Waals surface area contributed by atoms with Gasteiger partial charge in [-0.2, -0.15) is 0 Å². The molecule has 2 aliphatic rings. The molecule has 2 N–H and O–H groups in total. The zero-order chi connectivity index (χ0) is 20.8. The first-order valence-electron chi connectivity index (χ1n) is 9.30. The van der Waals surface area contributed by atoms with E-state index in [1.54, 1.807) is 0 Å². The summed E-state index contributed by atoms with van der Waals surface area (Å²) in [6.07, 6.45) is 9.42. The third-order valence-electron chi connectivity index (χ3n) is 4.57. The van der Waals surface area contributed by atoms with Crippen LogP contribution >= 0.6 is 31.9 Å². The second-order valence-electron chi connectivity index (χ2n) is 7.06. The average Bonchev–Trinajstić information content (AvgIpc) is 2.63. The molecule has 0 amide bonds. The van der Waals surface area contributed by atoms with Crippen molar-refractivity contribution in [2.45, 2.75) is 40.5 Å². The van der Waals surface area contributed by atoms with Crippen LogP contribution in [0.3, 0.4) is 0 Å². The van der Waals surface area contributed by atoms with E-state index >= 15 is 0 Å². The Morgan fingerprint density at radius 3 is 1.45 bits per heavy atom. The Morgan fingerprint density at radius 1 is 0.759 bits per heavy atom. The van der Waals surface area contributed by atoms with Crippen molar-refractivity contribution in [3.63, 3.8) is 0 Å². The molecule has 0 spiro atoms. The van der Waals surface area contributed by atoms with Crippen LogP contribution < -0.4 is 10.6 Å². The number of halogens is 2. The van der Waals surface area contributed by atoms with Crippen LogP contribution in [0.1, 0.15) is 40.5 Å². The first kappa shape index (κ1) is 25.9. The summed E-state index contributed by atoms with van der Waals surface area (Å²) in [5.74, 6) is 0.0282. The topological polar surface area (TPSA) is 58.2 Å². The number of allylic oxidation sites excluding steroid dienone is 12. The van der Waals surface area contributed by atoms with E-state index in [4.69, 9.17) is 0 Å². The molecular weight excluding hydrogens is 543 g/mol. The largest absolute Gasteiger partial charge is 0.388 e. The molecule has 0 fully saturated rings. The second kappa shape index (κ2) is 11.9. The van der Waals surface area contributed by atoms with Gasteiger partial charge in [-0.05, 0) is 108 Å². The first-order chi connectivity index (χ1) is 13.2. The summed E-state index contributed by atoms with van der Waals surface area (Å²) in [7, 11) is 0. The molecule has 0 aliphatic heterocycles. The molecule has 7 heteroatoms. The molecule has 2 rings (SSSR count). The predicted octanol–water partition coefficient (Wildman–Crippen LogP) is 5.11. The van der Waals surface area contributed by atoms with Crippen LogP contribution in [-0.2, 0) is 26.4 Å². The van der Waals surface area contributed by atoms with Crippen molar-refractivity contribution in [2.24, 2.45) is 0 Å². The molecule has 0 heterocycles. The zero-order valence-corrected chi connectivity index (χ0v) is 21.3. The Kier molecular flexibility index (Phi) is 10.6. The number of carbonyl (C=O) groups is 2. The predicted molar refractivity (Wildman–Crippen MR) is 122 cm³/mol. The Balaban J connectivity index is 0.00000420. The SMILES string of the molecule is CC1=C/C(=C(\C)NCCCCN/C(C)=C2/C=C(C)C=C(Br)C2=O)C(=O)C(Br)=C1.[Co]. The summed E-state index contributed by atoms with van der Waals surface area (Å²) in [5.41, 5.74) is 5.32. The summed E-state index contributed by atoms with van der Waals surface area (Å²) < 4.78 is 1.19. The maximum Gasteiger partial charge on any atom is 0.201 e. The number of Topliss-reactive ketones (excluding diaryl/α,β-unsaturated/α-hetero) is 2. The van der Waals surface area contributed by atoms with Crippen molar-refractivity contribution in [3.8, 4) is 0 Å². The number of ketones is 2. The number of carbonyl (C=O) groups excluding carboxylic acids is 2. The Hall–Kier alpha value is -1.15. The Morgan fingerprint density at radius 2 is 1.10 bits per heavy atom. The van der Waals surface area contributed by atoms with E-state index < -0.39 is 0 Å². The summed E-state index contributed by atoms with van der Waals surface area (Å²) in [6.45, 7) is 9.41. The fourth-order valence-electron chi connectivity index (χ4n) is 3.01. The van der Waals surface area contributed by atoms with Gasteiger partial charge in [0.1, 0.15) is 0 Å². The number of unbranched alkanes of at least 4 members (excludes halogenated alkanes) is 1. The third kappa shape index (κ3) is 7.24. The van der Waals surface area contributed by atoms with Crippen LogP contribution in [0, 0.1) is 0 Å². The summed E-state index contributed by atoms with van der Waals surface area (Å²) in [6, 6.07) is 0. The maximum absolute atomic E-state index is 12.2. The van der Waals surface area contributed by atoms with Gasteiger partial charge in [0.15, 0.2) is 0 Å². The molecule has 0 unspecified atom stereocenters. The molecule has 1 radical (unpaired) electrons. The van der Waals surface area contributed by atoms with Crippen molar-refractivity contribution in [3.05, 3.63) is 67.0 Å². The van der Waals surface area contributed by atoms with Crippen LogP contribution in [0.25, 0.3) is 0 Å². The molecule has 0 bridgehead atoms. The van der Waals surface area contributed by atoms with Crippen molar-refractivity contribution in [1.29, 1.82) is 0 Å². The number of hydrogen-bond acceptors (Lipinski definition) is 4. The van der Waals surface area contributed by atoms with Crippen LogP contribution in [-0.4, -0.2) is 24.7 Å². The van der Waals surface area contributed by atoms with Crippen molar-refractivity contribution >= 4 is 43.4 Å². The quantitative estimate of drug-likeness (QED) is 0.331. The minimum Gasteiger partial charge on any atom is -0.388 e. The standard InChI is InChI=1S/C22H26Br2N2O2.Co/c1-13-9-17(21(27)19(23)11-13)15(3)25-7-5-6-8-26-16(4)18-10-14(2)12-20(24)22(18)28;/h9-12,25-26H,5-8H2,1-4H3;/b17-15-,18-16-;. The molecule has 29 heavy (non-hydrogen) atoms. The van der Waals surface area contributed by atoms with Gasteiger partial charge in [0.05, 0.1) is 8.96 Å². The molecule has 0 saturated carbocycles. The molecule has 0 atom stereocenters. The molecule has 4 nitrogen and oxygen atoms in total. The molecule has 0 aromatic heterocycles. The van der Waals surface area contributed by atoms with Gasteiger partial charge in [-0.3, -0.25) is 9.59 Å². The smallest absolute Gasteiger partial charge is 0.201 e. The monoisotopic (exact) mass is 567 g/mol. The minimum atomic E-state index is 0. The van der Waals surface area contributed by atoms with E-state index in [2.05, 4.69) is 42.5 Å². The van der Waals surface area contributed by atoms with Crippen molar-refractivity contribution in [1.82, 2.24) is 10.6 Å². The second-order valence-corrected chi connectivity index (χ2v) is 8.77. The molecular formula is C22H26Br2CoN2O2. The Bertz CT molecular complexity index is 805. The molecule has 0 aromatic rings. The van der Waals surface area contributed by atoms with Gasteiger partial charge in [-0.25, -0.2) is 0 Å². The third-order valence-corrected chi connectivity index (χ3v) is 5.75. The van der Waals surface area contributed by atoms with E-state index in [0.29, 0.717) is 20.1 Å². The van der Waals surface area contributed by atoms with Crippen LogP contribution in [0.2, 0.25) is 0 Å². The van der Waals surface area contributed by atoms with Crippen LogP contribution in [0.4, 0.5) is 0 Å². The van der Waals surface area contributed by atoms with Crippen molar-refractivity contribution < 1.29 is 26.4 Å². The normalized spacial score (nSPS) is 20.1. The molecule has 2 aliphatic carbocycles.